The minimum absolute atomic E-state index is 0.250. The molecule has 1 amide bonds. The zero-order valence-electron chi connectivity index (χ0n) is 16.9. The van der Waals surface area contributed by atoms with E-state index in [-0.39, 0.29) is 6.41 Å². The van der Waals surface area contributed by atoms with Crippen molar-refractivity contribution in [1.29, 1.82) is 0 Å². The van der Waals surface area contributed by atoms with Crippen molar-refractivity contribution < 1.29 is 9.53 Å². The summed E-state index contributed by atoms with van der Waals surface area (Å²) < 4.78 is 5.32. The van der Waals surface area contributed by atoms with E-state index >= 15 is 0 Å². The van der Waals surface area contributed by atoms with Gasteiger partial charge in [0.1, 0.15) is 11.3 Å². The second kappa shape index (κ2) is 8.54. The van der Waals surface area contributed by atoms with Gasteiger partial charge in [-0.1, -0.05) is 30.9 Å². The Hall–Kier alpha value is -4.39. The number of carbonyl (C=O) groups excluding carboxylic acids is 1. The number of aromatic amines is 2. The fourth-order valence-corrected chi connectivity index (χ4v) is 3.44. The maximum absolute atomic E-state index is 8.58. The molecule has 5 aromatic rings. The van der Waals surface area contributed by atoms with E-state index in [1.807, 2.05) is 48.7 Å². The molecular formula is C24H21N5O2. The molecular weight excluding hydrogens is 390 g/mol. The molecule has 5 rings (SSSR count). The van der Waals surface area contributed by atoms with Gasteiger partial charge in [0, 0.05) is 34.3 Å². The van der Waals surface area contributed by atoms with Crippen LogP contribution >= 0.6 is 0 Å². The lowest BCUT2D eigenvalue weighted by atomic mass is 10.1. The van der Waals surface area contributed by atoms with Crippen LogP contribution in [0.15, 0.2) is 67.5 Å². The summed E-state index contributed by atoms with van der Waals surface area (Å²) in [7, 11) is 1.67. The first-order valence-electron chi connectivity index (χ1n) is 9.56. The van der Waals surface area contributed by atoms with Gasteiger partial charge in [-0.3, -0.25) is 4.79 Å². The van der Waals surface area contributed by atoms with Gasteiger partial charge in [0.15, 0.2) is 5.65 Å². The molecule has 0 bridgehead atoms. The Kier molecular flexibility index (Phi) is 5.49. The standard InChI is InChI=1S/C23H18N4O.CH3NO/c1-3-14-5-4-6-15(9-14)21-13-25-23-22(27-21)18(12-24-23)20-10-16-7-8-17(28-2)11-19(16)26-20;2-1-3/h3-13,26H,1H2,2H3,(H,24,25);1H,(H2,2,3). The fourth-order valence-electron chi connectivity index (χ4n) is 3.44. The Morgan fingerprint density at radius 3 is 2.77 bits per heavy atom. The number of benzene rings is 2. The first-order valence-corrected chi connectivity index (χ1v) is 9.56. The van der Waals surface area contributed by atoms with Crippen LogP contribution in [-0.4, -0.2) is 33.5 Å². The van der Waals surface area contributed by atoms with Crippen LogP contribution in [0.1, 0.15) is 5.56 Å². The summed E-state index contributed by atoms with van der Waals surface area (Å²) in [5.41, 5.74) is 11.6. The van der Waals surface area contributed by atoms with Crippen LogP contribution in [0.3, 0.4) is 0 Å². The molecule has 3 aromatic heterocycles. The molecule has 0 saturated carbocycles. The van der Waals surface area contributed by atoms with Crippen LogP contribution in [0.4, 0.5) is 0 Å². The van der Waals surface area contributed by atoms with Gasteiger partial charge < -0.3 is 20.4 Å². The SMILES string of the molecule is C=Cc1cccc(-c2cnc3[nH]cc(-c4cc5ccc(OC)cc5[nH]4)c3n2)c1.NC=O. The maximum atomic E-state index is 8.58. The number of carbonyl (C=O) groups is 1. The first-order chi connectivity index (χ1) is 15.2. The molecule has 0 atom stereocenters. The third kappa shape index (κ3) is 3.89. The fraction of sp³-hybridized carbons (Fsp3) is 0.0417. The van der Waals surface area contributed by atoms with Crippen molar-refractivity contribution in [3.63, 3.8) is 0 Å². The Morgan fingerprint density at radius 1 is 1.16 bits per heavy atom. The highest BCUT2D eigenvalue weighted by Crippen LogP contribution is 2.31. The third-order valence-corrected chi connectivity index (χ3v) is 4.92. The zero-order valence-corrected chi connectivity index (χ0v) is 16.9. The third-order valence-electron chi connectivity index (χ3n) is 4.92. The molecule has 0 aliphatic heterocycles. The quantitative estimate of drug-likeness (QED) is 0.378. The minimum Gasteiger partial charge on any atom is -0.497 e. The molecule has 31 heavy (non-hydrogen) atoms. The largest absolute Gasteiger partial charge is 0.497 e. The number of nitrogens with zero attached hydrogens (tertiary/aromatic N) is 2. The second-order valence-corrected chi connectivity index (χ2v) is 6.76. The highest BCUT2D eigenvalue weighted by molar-refractivity contribution is 5.95. The van der Waals surface area contributed by atoms with E-state index in [0.717, 1.165) is 55.9 Å². The van der Waals surface area contributed by atoms with Crippen molar-refractivity contribution in [3.05, 3.63) is 73.1 Å². The molecule has 7 nitrogen and oxygen atoms in total. The summed E-state index contributed by atoms with van der Waals surface area (Å²) in [5.74, 6) is 0.823. The lowest BCUT2D eigenvalue weighted by Gasteiger charge is -2.03. The van der Waals surface area contributed by atoms with Crippen LogP contribution in [-0.2, 0) is 4.79 Å². The number of nitrogens with two attached hydrogens (primary N) is 1. The number of methoxy groups -OCH3 is 1. The molecule has 0 aliphatic carbocycles. The number of hydrogen-bond donors (Lipinski definition) is 3. The number of fused-ring (bicyclic) bond motifs is 2. The van der Waals surface area contributed by atoms with Gasteiger partial charge in [-0.15, -0.1) is 0 Å². The summed E-state index contributed by atoms with van der Waals surface area (Å²) in [6.45, 7) is 3.84. The van der Waals surface area contributed by atoms with E-state index in [9.17, 15) is 0 Å². The molecule has 4 N–H and O–H groups in total. The van der Waals surface area contributed by atoms with Gasteiger partial charge in [0.25, 0.3) is 0 Å². The Morgan fingerprint density at radius 2 is 2.00 bits per heavy atom. The topological polar surface area (TPSA) is 110 Å². The average molecular weight is 411 g/mol. The van der Waals surface area contributed by atoms with Crippen LogP contribution in [0.5, 0.6) is 5.75 Å². The van der Waals surface area contributed by atoms with E-state index < -0.39 is 0 Å². The van der Waals surface area contributed by atoms with Crippen molar-refractivity contribution >= 4 is 34.6 Å². The lowest BCUT2D eigenvalue weighted by molar-refractivity contribution is -0.106. The van der Waals surface area contributed by atoms with Crippen molar-refractivity contribution in [1.82, 2.24) is 19.9 Å². The summed E-state index contributed by atoms with van der Waals surface area (Å²) in [6.07, 6.45) is 5.81. The molecule has 0 saturated heterocycles. The number of amides is 1. The van der Waals surface area contributed by atoms with Gasteiger partial charge in [-0.2, -0.15) is 0 Å². The van der Waals surface area contributed by atoms with E-state index in [1.165, 1.54) is 0 Å². The number of rotatable bonds is 4. The van der Waals surface area contributed by atoms with Crippen molar-refractivity contribution in [2.75, 3.05) is 7.11 Å². The summed E-state index contributed by atoms with van der Waals surface area (Å²) in [4.78, 5) is 24.7. The predicted molar refractivity (Wildman–Crippen MR) is 124 cm³/mol. The van der Waals surface area contributed by atoms with Gasteiger partial charge in [-0.05, 0) is 29.8 Å². The molecule has 0 spiro atoms. The van der Waals surface area contributed by atoms with Crippen LogP contribution in [0.2, 0.25) is 0 Å². The van der Waals surface area contributed by atoms with E-state index in [0.29, 0.717) is 0 Å². The van der Waals surface area contributed by atoms with Crippen molar-refractivity contribution in [3.8, 4) is 28.3 Å². The van der Waals surface area contributed by atoms with Crippen LogP contribution in [0.25, 0.3) is 50.7 Å². The normalized spacial score (nSPS) is 10.5. The van der Waals surface area contributed by atoms with Crippen LogP contribution < -0.4 is 10.5 Å². The molecule has 154 valence electrons. The number of hydrogen-bond acceptors (Lipinski definition) is 4. The van der Waals surface area contributed by atoms with Crippen molar-refractivity contribution in [2.45, 2.75) is 0 Å². The number of nitrogens with one attached hydrogen (secondary N) is 2. The number of ether oxygens (including phenoxy) is 1. The monoisotopic (exact) mass is 411 g/mol. The summed E-state index contributed by atoms with van der Waals surface area (Å²) in [6, 6.07) is 16.2. The van der Waals surface area contributed by atoms with Gasteiger partial charge in [-0.25, -0.2) is 9.97 Å². The molecule has 3 heterocycles. The smallest absolute Gasteiger partial charge is 0.204 e. The summed E-state index contributed by atoms with van der Waals surface area (Å²) >= 11 is 0. The average Bonchev–Trinajstić information content (AvgIpc) is 3.42. The Labute approximate surface area is 178 Å². The molecule has 0 fully saturated rings. The second-order valence-electron chi connectivity index (χ2n) is 6.76. The minimum atomic E-state index is 0.250. The van der Waals surface area contributed by atoms with Gasteiger partial charge >= 0.3 is 0 Å². The predicted octanol–water partition coefficient (Wildman–Crippen LogP) is 4.53. The van der Waals surface area contributed by atoms with E-state index in [1.54, 1.807) is 13.3 Å². The maximum Gasteiger partial charge on any atom is 0.204 e. The summed E-state index contributed by atoms with van der Waals surface area (Å²) in [5, 5.41) is 1.12. The number of primary amides is 1. The highest BCUT2D eigenvalue weighted by atomic mass is 16.5. The highest BCUT2D eigenvalue weighted by Gasteiger charge is 2.13. The van der Waals surface area contributed by atoms with Crippen molar-refractivity contribution in [2.24, 2.45) is 5.73 Å². The van der Waals surface area contributed by atoms with Gasteiger partial charge in [0.05, 0.1) is 24.7 Å². The lowest BCUT2D eigenvalue weighted by Crippen LogP contribution is -1.89. The molecule has 7 heteroatoms. The Balaban J connectivity index is 0.000000730. The Bertz CT molecular complexity index is 1380. The van der Waals surface area contributed by atoms with E-state index in [4.69, 9.17) is 14.5 Å². The van der Waals surface area contributed by atoms with E-state index in [2.05, 4.69) is 39.4 Å². The molecule has 0 unspecified atom stereocenters. The first kappa shape index (κ1) is 19.9. The number of aromatic nitrogens is 4. The van der Waals surface area contributed by atoms with Crippen LogP contribution in [0, 0.1) is 0 Å². The molecule has 0 radical (unpaired) electrons. The van der Waals surface area contributed by atoms with Gasteiger partial charge in [0.2, 0.25) is 6.41 Å². The zero-order chi connectivity index (χ0) is 21.8. The molecule has 2 aromatic carbocycles. The molecule has 0 aliphatic rings. The number of H-pyrrole nitrogens is 2.